The van der Waals surface area contributed by atoms with E-state index in [2.05, 4.69) is 15.9 Å². The minimum Gasteiger partial charge on any atom is -0.452 e. The predicted molar refractivity (Wildman–Crippen MR) is 80.2 cm³/mol. The van der Waals surface area contributed by atoms with Crippen molar-refractivity contribution in [1.29, 1.82) is 0 Å². The predicted octanol–water partition coefficient (Wildman–Crippen LogP) is 1.83. The third kappa shape index (κ3) is 2.79. The molecular formula is C13H19BrN2O4S. The fourth-order valence-electron chi connectivity index (χ4n) is 3.16. The van der Waals surface area contributed by atoms with Gasteiger partial charge in [0, 0.05) is 12.6 Å². The minimum atomic E-state index is -3.60. The molecule has 0 amide bonds. The summed E-state index contributed by atoms with van der Waals surface area (Å²) < 4.78 is 38.7. The maximum Gasteiger partial charge on any atom is 0.247 e. The Morgan fingerprint density at radius 3 is 2.86 bits per heavy atom. The van der Waals surface area contributed by atoms with Crippen molar-refractivity contribution < 1.29 is 17.6 Å². The molecule has 2 unspecified atom stereocenters. The lowest BCUT2D eigenvalue weighted by molar-refractivity contribution is -0.0586. The van der Waals surface area contributed by atoms with Crippen LogP contribution in [-0.2, 0) is 21.3 Å². The van der Waals surface area contributed by atoms with Gasteiger partial charge in [0.05, 0.1) is 25.3 Å². The molecule has 0 aromatic carbocycles. The Kier molecular flexibility index (Phi) is 4.42. The summed E-state index contributed by atoms with van der Waals surface area (Å²) in [5.74, 6) is 0.453. The second-order valence-electron chi connectivity index (χ2n) is 5.43. The average Bonchev–Trinajstić information content (AvgIpc) is 2.88. The van der Waals surface area contributed by atoms with Gasteiger partial charge in [0.25, 0.3) is 0 Å². The molecule has 2 N–H and O–H groups in total. The van der Waals surface area contributed by atoms with Crippen LogP contribution in [0, 0.1) is 0 Å². The van der Waals surface area contributed by atoms with E-state index in [1.807, 2.05) is 0 Å². The van der Waals surface area contributed by atoms with Crippen LogP contribution in [0.25, 0.3) is 0 Å². The van der Waals surface area contributed by atoms with Crippen molar-refractivity contribution in [2.24, 2.45) is 5.73 Å². The van der Waals surface area contributed by atoms with E-state index < -0.39 is 10.0 Å². The van der Waals surface area contributed by atoms with Gasteiger partial charge in [0.1, 0.15) is 10.7 Å². The van der Waals surface area contributed by atoms with Gasteiger partial charge in [-0.15, -0.1) is 0 Å². The lowest BCUT2D eigenvalue weighted by atomic mass is 9.91. The van der Waals surface area contributed by atoms with Crippen LogP contribution in [0.15, 0.2) is 20.0 Å². The van der Waals surface area contributed by atoms with Crippen molar-refractivity contribution in [3.05, 3.63) is 16.5 Å². The molecule has 1 saturated heterocycles. The first kappa shape index (κ1) is 15.5. The molecule has 6 nitrogen and oxygen atoms in total. The third-order valence-corrected chi connectivity index (χ3v) is 6.96. The Morgan fingerprint density at radius 2 is 2.14 bits per heavy atom. The Hall–Kier alpha value is -0.410. The molecule has 2 fully saturated rings. The first-order valence-electron chi connectivity index (χ1n) is 7.16. The van der Waals surface area contributed by atoms with Crippen molar-refractivity contribution in [3.63, 3.8) is 0 Å². The van der Waals surface area contributed by atoms with Gasteiger partial charge in [-0.05, 0) is 28.8 Å². The molecule has 1 aliphatic heterocycles. The fraction of sp³-hybridized carbons (Fsp3) is 0.692. The molecule has 1 aliphatic carbocycles. The molecule has 1 saturated carbocycles. The van der Waals surface area contributed by atoms with Crippen LogP contribution in [0.4, 0.5) is 0 Å². The summed E-state index contributed by atoms with van der Waals surface area (Å²) in [6.07, 6.45) is 3.93. The summed E-state index contributed by atoms with van der Waals surface area (Å²) in [4.78, 5) is 0.161. The van der Waals surface area contributed by atoms with E-state index in [0.717, 1.165) is 25.7 Å². The van der Waals surface area contributed by atoms with E-state index in [-0.39, 0.29) is 28.3 Å². The summed E-state index contributed by atoms with van der Waals surface area (Å²) in [5.41, 5.74) is 5.52. The molecule has 0 radical (unpaired) electrons. The highest BCUT2D eigenvalue weighted by Gasteiger charge is 2.42. The van der Waals surface area contributed by atoms with Crippen molar-refractivity contribution >= 4 is 26.0 Å². The largest absolute Gasteiger partial charge is 0.452 e. The van der Waals surface area contributed by atoms with Crippen LogP contribution in [0.2, 0.25) is 0 Å². The zero-order valence-corrected chi connectivity index (χ0v) is 14.0. The van der Waals surface area contributed by atoms with E-state index >= 15 is 0 Å². The Morgan fingerprint density at radius 1 is 1.38 bits per heavy atom. The molecule has 2 aliphatic rings. The van der Waals surface area contributed by atoms with Crippen LogP contribution in [0.1, 0.15) is 31.4 Å². The van der Waals surface area contributed by atoms with Gasteiger partial charge in [0.15, 0.2) is 4.67 Å². The number of hydrogen-bond acceptors (Lipinski definition) is 5. The standard InChI is InChI=1S/C13H19BrN2O4S/c14-13-12(7-9(8-15)20-13)21(17,18)16-5-6-19-11-4-2-1-3-10(11)16/h7,10-11H,1-6,8,15H2. The maximum atomic E-state index is 12.9. The summed E-state index contributed by atoms with van der Waals surface area (Å²) in [6, 6.07) is 1.44. The topological polar surface area (TPSA) is 85.8 Å². The summed E-state index contributed by atoms with van der Waals surface area (Å²) in [5, 5.41) is 0. The summed E-state index contributed by atoms with van der Waals surface area (Å²) >= 11 is 3.19. The maximum absolute atomic E-state index is 12.9. The van der Waals surface area contributed by atoms with E-state index in [4.69, 9.17) is 14.9 Å². The van der Waals surface area contributed by atoms with Gasteiger partial charge in [-0.2, -0.15) is 4.31 Å². The van der Waals surface area contributed by atoms with Crippen molar-refractivity contribution in [3.8, 4) is 0 Å². The SMILES string of the molecule is NCc1cc(S(=O)(=O)N2CCOC3CCCCC32)c(Br)o1. The Labute approximate surface area is 132 Å². The second kappa shape index (κ2) is 6.00. The molecule has 2 heterocycles. The fourth-order valence-corrected chi connectivity index (χ4v) is 5.79. The van der Waals surface area contributed by atoms with Crippen LogP contribution in [0.3, 0.4) is 0 Å². The molecule has 118 valence electrons. The zero-order chi connectivity index (χ0) is 15.0. The number of sulfonamides is 1. The number of hydrogen-bond donors (Lipinski definition) is 1. The first-order chi connectivity index (χ1) is 10.0. The van der Waals surface area contributed by atoms with Gasteiger partial charge in [-0.3, -0.25) is 0 Å². The normalized spacial score (nSPS) is 27.5. The average molecular weight is 379 g/mol. The molecular weight excluding hydrogens is 360 g/mol. The number of nitrogens with zero attached hydrogens (tertiary/aromatic N) is 1. The number of morpholine rings is 1. The van der Waals surface area contributed by atoms with Crippen LogP contribution in [-0.4, -0.2) is 38.0 Å². The Bertz CT molecular complexity index is 614. The molecule has 0 bridgehead atoms. The zero-order valence-electron chi connectivity index (χ0n) is 11.6. The van der Waals surface area contributed by atoms with E-state index in [1.54, 1.807) is 4.31 Å². The van der Waals surface area contributed by atoms with Gasteiger partial charge < -0.3 is 14.9 Å². The quantitative estimate of drug-likeness (QED) is 0.866. The number of furan rings is 1. The summed E-state index contributed by atoms with van der Waals surface area (Å²) in [7, 11) is -3.60. The van der Waals surface area contributed by atoms with Gasteiger partial charge in [-0.25, -0.2) is 8.42 Å². The molecule has 8 heteroatoms. The lowest BCUT2D eigenvalue weighted by Gasteiger charge is -2.42. The number of ether oxygens (including phenoxy) is 1. The van der Waals surface area contributed by atoms with Crippen molar-refractivity contribution in [2.75, 3.05) is 13.2 Å². The number of rotatable bonds is 3. The van der Waals surface area contributed by atoms with Crippen molar-refractivity contribution in [2.45, 2.75) is 49.3 Å². The Balaban J connectivity index is 1.94. The third-order valence-electron chi connectivity index (χ3n) is 4.18. The molecule has 2 atom stereocenters. The number of halogens is 1. The molecule has 21 heavy (non-hydrogen) atoms. The highest BCUT2D eigenvalue weighted by Crippen LogP contribution is 2.35. The summed E-state index contributed by atoms with van der Waals surface area (Å²) in [6.45, 7) is 1.00. The van der Waals surface area contributed by atoms with Gasteiger partial charge in [-0.1, -0.05) is 12.8 Å². The second-order valence-corrected chi connectivity index (χ2v) is 8.01. The van der Waals surface area contributed by atoms with Crippen LogP contribution < -0.4 is 5.73 Å². The lowest BCUT2D eigenvalue weighted by Crippen LogP contribution is -2.54. The van der Waals surface area contributed by atoms with E-state index in [1.165, 1.54) is 6.07 Å². The van der Waals surface area contributed by atoms with Crippen molar-refractivity contribution in [1.82, 2.24) is 4.31 Å². The van der Waals surface area contributed by atoms with Gasteiger partial charge in [0.2, 0.25) is 10.0 Å². The first-order valence-corrected chi connectivity index (χ1v) is 9.39. The number of nitrogens with two attached hydrogens (primary N) is 1. The molecule has 1 aromatic rings. The highest BCUT2D eigenvalue weighted by molar-refractivity contribution is 9.10. The highest BCUT2D eigenvalue weighted by atomic mass is 79.9. The van der Waals surface area contributed by atoms with Gasteiger partial charge >= 0.3 is 0 Å². The molecule has 1 aromatic heterocycles. The number of fused-ring (bicyclic) bond motifs is 1. The van der Waals surface area contributed by atoms with E-state index in [0.29, 0.717) is 18.9 Å². The smallest absolute Gasteiger partial charge is 0.247 e. The molecule has 0 spiro atoms. The van der Waals surface area contributed by atoms with E-state index in [9.17, 15) is 8.42 Å². The molecule has 3 rings (SSSR count). The minimum absolute atomic E-state index is 0.0157. The van der Waals surface area contributed by atoms with Crippen LogP contribution in [0.5, 0.6) is 0 Å². The monoisotopic (exact) mass is 378 g/mol. The van der Waals surface area contributed by atoms with Crippen LogP contribution >= 0.6 is 15.9 Å².